The fourth-order valence-corrected chi connectivity index (χ4v) is 6.72. The van der Waals surface area contributed by atoms with Gasteiger partial charge in [0.1, 0.15) is 15.6 Å². The third-order valence-corrected chi connectivity index (χ3v) is 8.88. The Labute approximate surface area is 182 Å². The second kappa shape index (κ2) is 7.46. The molecule has 0 saturated heterocycles. The van der Waals surface area contributed by atoms with E-state index in [1.165, 1.54) is 18.2 Å². The lowest BCUT2D eigenvalue weighted by molar-refractivity contribution is -0.140. The highest BCUT2D eigenvalue weighted by Gasteiger charge is 2.70. The van der Waals surface area contributed by atoms with Crippen LogP contribution in [0.15, 0.2) is 64.9 Å². The van der Waals surface area contributed by atoms with Crippen LogP contribution in [-0.2, 0) is 14.8 Å². The van der Waals surface area contributed by atoms with E-state index in [4.69, 9.17) is 11.6 Å². The number of carboxylic acid groups (broad SMARTS) is 1. The molecular formula is C21H17ClFNO4S2. The van der Waals surface area contributed by atoms with Crippen LogP contribution in [0, 0.1) is 11.7 Å². The number of benzene rings is 2. The number of carbonyl (C=O) groups is 1. The van der Waals surface area contributed by atoms with Gasteiger partial charge in [0.05, 0.1) is 5.02 Å². The summed E-state index contributed by atoms with van der Waals surface area (Å²) in [5.41, 5.74) is -0.367. The first-order chi connectivity index (χ1) is 14.2. The Hall–Kier alpha value is -2.26. The lowest BCUT2D eigenvalue weighted by Gasteiger charge is -2.15. The van der Waals surface area contributed by atoms with Crippen molar-refractivity contribution in [2.45, 2.75) is 22.6 Å². The first kappa shape index (κ1) is 21.0. The van der Waals surface area contributed by atoms with Crippen molar-refractivity contribution in [2.24, 2.45) is 5.92 Å². The zero-order chi connectivity index (χ0) is 21.7. The van der Waals surface area contributed by atoms with Gasteiger partial charge >= 0.3 is 5.97 Å². The predicted molar refractivity (Wildman–Crippen MR) is 114 cm³/mol. The van der Waals surface area contributed by atoms with E-state index in [9.17, 15) is 22.7 Å². The van der Waals surface area contributed by atoms with E-state index in [1.54, 1.807) is 43.3 Å². The molecule has 2 aromatic carbocycles. The van der Waals surface area contributed by atoms with Gasteiger partial charge in [0, 0.05) is 10.8 Å². The molecule has 1 fully saturated rings. The van der Waals surface area contributed by atoms with E-state index < -0.39 is 39.2 Å². The van der Waals surface area contributed by atoms with Crippen LogP contribution >= 0.6 is 22.9 Å². The monoisotopic (exact) mass is 465 g/mol. The lowest BCUT2D eigenvalue weighted by Crippen LogP contribution is -2.45. The van der Waals surface area contributed by atoms with Gasteiger partial charge in [0.2, 0.25) is 0 Å². The van der Waals surface area contributed by atoms with Crippen LogP contribution in [-0.4, -0.2) is 25.0 Å². The molecule has 3 aromatic rings. The highest BCUT2D eigenvalue weighted by molar-refractivity contribution is 7.91. The number of thiophene rings is 1. The Morgan fingerprint density at radius 3 is 2.50 bits per heavy atom. The molecule has 2 N–H and O–H groups in total. The number of hydrogen-bond donors (Lipinski definition) is 2. The van der Waals surface area contributed by atoms with Crippen molar-refractivity contribution < 1.29 is 22.7 Å². The SMILES string of the molecule is CC1[C@H](c2ccccc2)[C@]1(NS(=O)(=O)c1ccc(-c2ccc(Cl)c(F)c2)s1)C(=O)O. The molecular weight excluding hydrogens is 449 g/mol. The summed E-state index contributed by atoms with van der Waals surface area (Å²) in [5.74, 6) is -2.72. The van der Waals surface area contributed by atoms with Crippen molar-refractivity contribution in [2.75, 3.05) is 0 Å². The van der Waals surface area contributed by atoms with Gasteiger partial charge in [0.25, 0.3) is 10.0 Å². The minimum absolute atomic E-state index is 0.0251. The normalized spacial score (nSPS) is 23.3. The van der Waals surface area contributed by atoms with Gasteiger partial charge in [-0.2, -0.15) is 4.72 Å². The molecule has 156 valence electrons. The van der Waals surface area contributed by atoms with Gasteiger partial charge in [-0.1, -0.05) is 54.9 Å². The average Bonchev–Trinajstić information content (AvgIpc) is 3.06. The maximum absolute atomic E-state index is 13.7. The molecule has 1 aliphatic carbocycles. The quantitative estimate of drug-likeness (QED) is 0.550. The van der Waals surface area contributed by atoms with Crippen molar-refractivity contribution in [1.82, 2.24) is 4.72 Å². The van der Waals surface area contributed by atoms with E-state index in [0.29, 0.717) is 10.4 Å². The van der Waals surface area contributed by atoms with E-state index in [-0.39, 0.29) is 9.23 Å². The summed E-state index contributed by atoms with van der Waals surface area (Å²) in [7, 11) is -4.11. The predicted octanol–water partition coefficient (Wildman–Crippen LogP) is 4.74. The largest absolute Gasteiger partial charge is 0.480 e. The van der Waals surface area contributed by atoms with Crippen molar-refractivity contribution in [3.05, 3.63) is 77.1 Å². The molecule has 9 heteroatoms. The Bertz CT molecular complexity index is 1230. The highest BCUT2D eigenvalue weighted by Crippen LogP contribution is 2.58. The Kier molecular flexibility index (Phi) is 5.22. The van der Waals surface area contributed by atoms with Crippen LogP contribution in [0.5, 0.6) is 0 Å². The summed E-state index contributed by atoms with van der Waals surface area (Å²) in [6, 6.07) is 16.1. The average molecular weight is 466 g/mol. The molecule has 1 unspecified atom stereocenters. The fourth-order valence-electron chi connectivity index (χ4n) is 3.84. The molecule has 0 radical (unpaired) electrons. The molecule has 1 aromatic heterocycles. The number of hydrogen-bond acceptors (Lipinski definition) is 4. The molecule has 0 aliphatic heterocycles. The Balaban J connectivity index is 1.65. The Morgan fingerprint density at radius 1 is 1.17 bits per heavy atom. The highest BCUT2D eigenvalue weighted by atomic mass is 35.5. The number of aliphatic carboxylic acids is 1. The summed E-state index contributed by atoms with van der Waals surface area (Å²) in [5, 5.41) is 9.85. The molecule has 0 spiro atoms. The van der Waals surface area contributed by atoms with Crippen LogP contribution in [0.2, 0.25) is 5.02 Å². The van der Waals surface area contributed by atoms with Gasteiger partial charge < -0.3 is 5.11 Å². The summed E-state index contributed by atoms with van der Waals surface area (Å²) in [6.07, 6.45) is 0. The number of sulfonamides is 1. The first-order valence-corrected chi connectivity index (χ1v) is 11.7. The minimum Gasteiger partial charge on any atom is -0.480 e. The standard InChI is InChI=1S/C21H17ClFNO4S2/c1-12-19(13-5-3-2-4-6-13)21(12,20(25)26)24-30(27,28)18-10-9-17(29-18)14-7-8-15(22)16(23)11-14/h2-12,19,24H,1H3,(H,25,26)/t12?,19-,21+/m1/s1. The second-order valence-corrected chi connectivity index (χ2v) is 10.6. The van der Waals surface area contributed by atoms with Crippen LogP contribution < -0.4 is 4.72 Å². The van der Waals surface area contributed by atoms with Crippen LogP contribution in [0.1, 0.15) is 18.4 Å². The van der Waals surface area contributed by atoms with Gasteiger partial charge in [-0.15, -0.1) is 11.3 Å². The zero-order valence-corrected chi connectivity index (χ0v) is 18.1. The summed E-state index contributed by atoms with van der Waals surface area (Å²) in [6.45, 7) is 1.71. The third-order valence-electron chi connectivity index (χ3n) is 5.47. The van der Waals surface area contributed by atoms with Gasteiger partial charge in [-0.05, 0) is 41.3 Å². The molecule has 0 bridgehead atoms. The number of nitrogens with one attached hydrogen (secondary N) is 1. The molecule has 1 saturated carbocycles. The number of halogens is 2. The molecule has 3 atom stereocenters. The van der Waals surface area contributed by atoms with Crippen LogP contribution in [0.4, 0.5) is 4.39 Å². The maximum Gasteiger partial charge on any atom is 0.325 e. The van der Waals surface area contributed by atoms with E-state index >= 15 is 0 Å². The molecule has 30 heavy (non-hydrogen) atoms. The van der Waals surface area contributed by atoms with Gasteiger partial charge in [0.15, 0.2) is 0 Å². The minimum atomic E-state index is -4.11. The molecule has 1 heterocycles. The summed E-state index contributed by atoms with van der Waals surface area (Å²) < 4.78 is 42.2. The van der Waals surface area contributed by atoms with E-state index in [0.717, 1.165) is 16.9 Å². The van der Waals surface area contributed by atoms with Gasteiger partial charge in [-0.25, -0.2) is 12.8 Å². The van der Waals surface area contributed by atoms with Gasteiger partial charge in [-0.3, -0.25) is 4.79 Å². The molecule has 5 nitrogen and oxygen atoms in total. The van der Waals surface area contributed by atoms with Crippen molar-refractivity contribution >= 4 is 38.9 Å². The number of rotatable bonds is 6. The smallest absolute Gasteiger partial charge is 0.325 e. The topological polar surface area (TPSA) is 83.5 Å². The first-order valence-electron chi connectivity index (χ1n) is 9.04. The fraction of sp³-hybridized carbons (Fsp3) is 0.190. The second-order valence-electron chi connectivity index (χ2n) is 7.20. The molecule has 0 amide bonds. The Morgan fingerprint density at radius 2 is 1.87 bits per heavy atom. The molecule has 4 rings (SSSR count). The lowest BCUT2D eigenvalue weighted by atomic mass is 10.1. The van der Waals surface area contributed by atoms with Crippen molar-refractivity contribution in [3.8, 4) is 10.4 Å². The van der Waals surface area contributed by atoms with E-state index in [2.05, 4.69) is 4.72 Å². The van der Waals surface area contributed by atoms with Crippen molar-refractivity contribution in [3.63, 3.8) is 0 Å². The third kappa shape index (κ3) is 3.43. The van der Waals surface area contributed by atoms with Crippen LogP contribution in [0.25, 0.3) is 10.4 Å². The van der Waals surface area contributed by atoms with Crippen molar-refractivity contribution in [1.29, 1.82) is 0 Å². The molecule has 1 aliphatic rings. The maximum atomic E-state index is 13.7. The van der Waals surface area contributed by atoms with Crippen LogP contribution in [0.3, 0.4) is 0 Å². The number of carboxylic acids is 1. The summed E-state index contributed by atoms with van der Waals surface area (Å²) in [4.78, 5) is 12.6. The summed E-state index contributed by atoms with van der Waals surface area (Å²) >= 11 is 6.63. The zero-order valence-electron chi connectivity index (χ0n) is 15.7. The van der Waals surface area contributed by atoms with E-state index in [1.807, 2.05) is 6.07 Å².